The largest absolute Gasteiger partial charge is 0.337 e. The van der Waals surface area contributed by atoms with Crippen LogP contribution in [-0.2, 0) is 6.54 Å². The van der Waals surface area contributed by atoms with E-state index in [0.717, 1.165) is 0 Å². The van der Waals surface area contributed by atoms with Crippen LogP contribution in [0.1, 0.15) is 15.9 Å². The third-order valence-corrected chi connectivity index (χ3v) is 3.02. The first-order valence-corrected chi connectivity index (χ1v) is 6.20. The van der Waals surface area contributed by atoms with Crippen molar-refractivity contribution in [1.29, 1.82) is 0 Å². The lowest BCUT2D eigenvalue weighted by Crippen LogP contribution is -2.26. The standard InChI is InChI=1S/C15H13ClFNO/c1-18(10-12-5-2-3-8-14(12)17)15(19)11-6-4-7-13(16)9-11/h2-9H,10H2,1H3. The fraction of sp³-hybridized carbons (Fsp3) is 0.133. The van der Waals surface area contributed by atoms with E-state index in [0.29, 0.717) is 16.1 Å². The second-order valence-corrected chi connectivity index (χ2v) is 4.70. The molecule has 2 nitrogen and oxygen atoms in total. The molecule has 0 radical (unpaired) electrons. The summed E-state index contributed by atoms with van der Waals surface area (Å²) in [7, 11) is 1.63. The Hall–Kier alpha value is -1.87. The Kier molecular flexibility index (Phi) is 4.17. The Morgan fingerprint density at radius 3 is 2.63 bits per heavy atom. The van der Waals surface area contributed by atoms with Gasteiger partial charge < -0.3 is 4.90 Å². The van der Waals surface area contributed by atoms with Crippen molar-refractivity contribution in [2.75, 3.05) is 7.05 Å². The molecule has 2 aromatic carbocycles. The number of nitrogens with zero attached hydrogens (tertiary/aromatic N) is 1. The maximum Gasteiger partial charge on any atom is 0.253 e. The molecule has 2 aromatic rings. The van der Waals surface area contributed by atoms with Crippen molar-refractivity contribution in [3.63, 3.8) is 0 Å². The van der Waals surface area contributed by atoms with Gasteiger partial charge in [-0.2, -0.15) is 0 Å². The molecule has 19 heavy (non-hydrogen) atoms. The molecule has 0 aliphatic rings. The Labute approximate surface area is 116 Å². The van der Waals surface area contributed by atoms with Crippen molar-refractivity contribution >= 4 is 17.5 Å². The van der Waals surface area contributed by atoms with Crippen molar-refractivity contribution in [3.05, 3.63) is 70.5 Å². The maximum absolute atomic E-state index is 13.5. The summed E-state index contributed by atoms with van der Waals surface area (Å²) in [6, 6.07) is 13.1. The highest BCUT2D eigenvalue weighted by Crippen LogP contribution is 2.14. The van der Waals surface area contributed by atoms with Crippen LogP contribution in [0.2, 0.25) is 5.02 Å². The predicted octanol–water partition coefficient (Wildman–Crippen LogP) is 3.75. The van der Waals surface area contributed by atoms with E-state index in [4.69, 9.17) is 11.6 Å². The van der Waals surface area contributed by atoms with E-state index in [9.17, 15) is 9.18 Å². The van der Waals surface area contributed by atoms with E-state index >= 15 is 0 Å². The Bertz CT molecular complexity index is 600. The first kappa shape index (κ1) is 13.6. The van der Waals surface area contributed by atoms with Gasteiger partial charge in [-0.25, -0.2) is 4.39 Å². The molecular weight excluding hydrogens is 265 g/mol. The van der Waals surface area contributed by atoms with E-state index in [1.165, 1.54) is 11.0 Å². The summed E-state index contributed by atoms with van der Waals surface area (Å²) in [6.07, 6.45) is 0. The van der Waals surface area contributed by atoms with Gasteiger partial charge in [-0.3, -0.25) is 4.79 Å². The van der Waals surface area contributed by atoms with Gasteiger partial charge in [-0.1, -0.05) is 35.9 Å². The van der Waals surface area contributed by atoms with Crippen molar-refractivity contribution in [1.82, 2.24) is 4.90 Å². The highest BCUT2D eigenvalue weighted by Gasteiger charge is 2.13. The van der Waals surface area contributed by atoms with Crippen molar-refractivity contribution in [3.8, 4) is 0 Å². The molecule has 1 amide bonds. The van der Waals surface area contributed by atoms with E-state index < -0.39 is 0 Å². The fourth-order valence-electron chi connectivity index (χ4n) is 1.80. The van der Waals surface area contributed by atoms with Crippen LogP contribution in [0, 0.1) is 5.82 Å². The van der Waals surface area contributed by atoms with Crippen LogP contribution in [0.4, 0.5) is 4.39 Å². The third-order valence-electron chi connectivity index (χ3n) is 2.78. The Balaban J connectivity index is 2.14. The second-order valence-electron chi connectivity index (χ2n) is 4.26. The lowest BCUT2D eigenvalue weighted by Gasteiger charge is -2.17. The average molecular weight is 278 g/mol. The number of rotatable bonds is 3. The van der Waals surface area contributed by atoms with Gasteiger partial charge in [0.05, 0.1) is 0 Å². The minimum atomic E-state index is -0.312. The first-order valence-electron chi connectivity index (χ1n) is 5.82. The number of carbonyl (C=O) groups is 1. The molecule has 0 saturated carbocycles. The SMILES string of the molecule is CN(Cc1ccccc1F)C(=O)c1cccc(Cl)c1. The summed E-state index contributed by atoms with van der Waals surface area (Å²) in [4.78, 5) is 13.6. The summed E-state index contributed by atoms with van der Waals surface area (Å²) in [5, 5.41) is 0.505. The second kappa shape index (κ2) is 5.85. The minimum Gasteiger partial charge on any atom is -0.337 e. The quantitative estimate of drug-likeness (QED) is 0.837. The van der Waals surface area contributed by atoms with Crippen LogP contribution < -0.4 is 0 Å². The Morgan fingerprint density at radius 1 is 1.21 bits per heavy atom. The van der Waals surface area contributed by atoms with Gasteiger partial charge in [0.15, 0.2) is 0 Å². The topological polar surface area (TPSA) is 20.3 Å². The van der Waals surface area contributed by atoms with Gasteiger partial charge >= 0.3 is 0 Å². The summed E-state index contributed by atoms with van der Waals surface area (Å²) in [6.45, 7) is 0.220. The van der Waals surface area contributed by atoms with Gasteiger partial charge in [0.25, 0.3) is 5.91 Å². The summed E-state index contributed by atoms with van der Waals surface area (Å²) < 4.78 is 13.5. The average Bonchev–Trinajstić information content (AvgIpc) is 2.40. The van der Waals surface area contributed by atoms with E-state index in [-0.39, 0.29) is 18.3 Å². The monoisotopic (exact) mass is 277 g/mol. The molecule has 2 rings (SSSR count). The van der Waals surface area contributed by atoms with Gasteiger partial charge in [0.2, 0.25) is 0 Å². The van der Waals surface area contributed by atoms with E-state index in [1.54, 1.807) is 49.5 Å². The summed E-state index contributed by atoms with van der Waals surface area (Å²) in [5.41, 5.74) is 0.978. The van der Waals surface area contributed by atoms with Gasteiger partial charge in [-0.05, 0) is 24.3 Å². The molecule has 0 bridgehead atoms. The van der Waals surface area contributed by atoms with Crippen LogP contribution in [0.15, 0.2) is 48.5 Å². The molecule has 0 aromatic heterocycles. The van der Waals surface area contributed by atoms with Crippen molar-refractivity contribution in [2.24, 2.45) is 0 Å². The molecule has 98 valence electrons. The smallest absolute Gasteiger partial charge is 0.253 e. The number of benzene rings is 2. The molecular formula is C15H13ClFNO. The zero-order valence-corrected chi connectivity index (χ0v) is 11.2. The lowest BCUT2D eigenvalue weighted by molar-refractivity contribution is 0.0784. The van der Waals surface area contributed by atoms with Crippen molar-refractivity contribution in [2.45, 2.75) is 6.54 Å². The molecule has 0 atom stereocenters. The van der Waals surface area contributed by atoms with E-state index in [2.05, 4.69) is 0 Å². The predicted molar refractivity (Wildman–Crippen MR) is 73.6 cm³/mol. The molecule has 0 aliphatic carbocycles. The van der Waals surface area contributed by atoms with E-state index in [1.807, 2.05) is 0 Å². The molecule has 0 saturated heterocycles. The number of halogens is 2. The summed E-state index contributed by atoms with van der Waals surface area (Å²) in [5.74, 6) is -0.501. The fourth-order valence-corrected chi connectivity index (χ4v) is 1.99. The zero-order chi connectivity index (χ0) is 13.8. The molecule has 0 fully saturated rings. The van der Waals surface area contributed by atoms with Crippen LogP contribution in [0.3, 0.4) is 0 Å². The number of carbonyl (C=O) groups excluding carboxylic acids is 1. The highest BCUT2D eigenvalue weighted by atomic mass is 35.5. The first-order chi connectivity index (χ1) is 9.08. The number of amides is 1. The Morgan fingerprint density at radius 2 is 1.95 bits per heavy atom. The molecule has 4 heteroatoms. The molecule has 0 spiro atoms. The normalized spacial score (nSPS) is 10.3. The molecule has 0 heterocycles. The van der Waals surface area contributed by atoms with Gasteiger partial charge in [0.1, 0.15) is 5.82 Å². The van der Waals surface area contributed by atoms with Gasteiger partial charge in [0, 0.05) is 29.7 Å². The van der Waals surface area contributed by atoms with Crippen LogP contribution in [0.5, 0.6) is 0 Å². The zero-order valence-electron chi connectivity index (χ0n) is 10.4. The highest BCUT2D eigenvalue weighted by molar-refractivity contribution is 6.30. The molecule has 0 unspecified atom stereocenters. The minimum absolute atomic E-state index is 0.189. The lowest BCUT2D eigenvalue weighted by atomic mass is 10.1. The number of hydrogen-bond donors (Lipinski definition) is 0. The molecule has 0 aliphatic heterocycles. The molecule has 0 N–H and O–H groups in total. The van der Waals surface area contributed by atoms with Crippen LogP contribution in [-0.4, -0.2) is 17.9 Å². The van der Waals surface area contributed by atoms with Gasteiger partial charge in [-0.15, -0.1) is 0 Å². The van der Waals surface area contributed by atoms with Crippen molar-refractivity contribution < 1.29 is 9.18 Å². The maximum atomic E-state index is 13.5. The number of hydrogen-bond acceptors (Lipinski definition) is 1. The summed E-state index contributed by atoms with van der Waals surface area (Å²) >= 11 is 5.85. The van der Waals surface area contributed by atoms with Crippen LogP contribution in [0.25, 0.3) is 0 Å². The third kappa shape index (κ3) is 3.32. The van der Waals surface area contributed by atoms with Crippen LogP contribution >= 0.6 is 11.6 Å².